The Bertz CT molecular complexity index is 420. The summed E-state index contributed by atoms with van der Waals surface area (Å²) in [6.07, 6.45) is 0.698. The summed E-state index contributed by atoms with van der Waals surface area (Å²) in [6, 6.07) is 8.45. The number of para-hydroxylation sites is 1. The fourth-order valence-electron chi connectivity index (χ4n) is 1.65. The SMILES string of the molecule is CCC(C)C(NC(=O)CNc1ccccc1)C(=O)O. The van der Waals surface area contributed by atoms with Crippen molar-refractivity contribution in [2.45, 2.75) is 26.3 Å². The molecule has 0 radical (unpaired) electrons. The van der Waals surface area contributed by atoms with Crippen LogP contribution in [-0.2, 0) is 9.59 Å². The van der Waals surface area contributed by atoms with Crippen LogP contribution in [0.4, 0.5) is 5.69 Å². The molecule has 0 aliphatic rings. The third-order valence-electron chi connectivity index (χ3n) is 3.02. The van der Waals surface area contributed by atoms with Gasteiger partial charge in [0.05, 0.1) is 6.54 Å². The molecule has 0 aliphatic carbocycles. The highest BCUT2D eigenvalue weighted by atomic mass is 16.4. The Kier molecular flexibility index (Phi) is 5.85. The summed E-state index contributed by atoms with van der Waals surface area (Å²) in [5.41, 5.74) is 0.827. The van der Waals surface area contributed by atoms with Crippen LogP contribution in [0, 0.1) is 5.92 Å². The number of carboxylic acids is 1. The molecule has 0 heterocycles. The van der Waals surface area contributed by atoms with E-state index in [0.29, 0.717) is 6.42 Å². The average Bonchev–Trinajstić information content (AvgIpc) is 2.42. The molecule has 0 fully saturated rings. The molecule has 0 saturated heterocycles. The number of nitrogens with one attached hydrogen (secondary N) is 2. The Morgan fingerprint density at radius 3 is 2.42 bits per heavy atom. The van der Waals surface area contributed by atoms with Crippen molar-refractivity contribution in [1.29, 1.82) is 0 Å². The largest absolute Gasteiger partial charge is 0.480 e. The van der Waals surface area contributed by atoms with Crippen molar-refractivity contribution in [3.05, 3.63) is 30.3 Å². The van der Waals surface area contributed by atoms with Crippen molar-refractivity contribution in [2.75, 3.05) is 11.9 Å². The van der Waals surface area contributed by atoms with Gasteiger partial charge < -0.3 is 15.7 Å². The normalized spacial score (nSPS) is 13.4. The molecule has 0 saturated carbocycles. The number of benzene rings is 1. The summed E-state index contributed by atoms with van der Waals surface area (Å²) >= 11 is 0. The molecule has 5 nitrogen and oxygen atoms in total. The van der Waals surface area contributed by atoms with E-state index < -0.39 is 12.0 Å². The Hall–Kier alpha value is -2.04. The summed E-state index contributed by atoms with van der Waals surface area (Å²) in [5, 5.41) is 14.6. The van der Waals surface area contributed by atoms with Crippen LogP contribution in [0.15, 0.2) is 30.3 Å². The van der Waals surface area contributed by atoms with Crippen LogP contribution in [0.2, 0.25) is 0 Å². The average molecular weight is 264 g/mol. The molecule has 0 bridgehead atoms. The molecule has 19 heavy (non-hydrogen) atoms. The molecule has 1 amide bonds. The molecular weight excluding hydrogens is 244 g/mol. The molecule has 5 heteroatoms. The van der Waals surface area contributed by atoms with Crippen LogP contribution >= 0.6 is 0 Å². The van der Waals surface area contributed by atoms with E-state index in [-0.39, 0.29) is 18.4 Å². The van der Waals surface area contributed by atoms with E-state index in [4.69, 9.17) is 5.11 Å². The lowest BCUT2D eigenvalue weighted by atomic mass is 9.99. The first kappa shape index (κ1) is 15.0. The van der Waals surface area contributed by atoms with Gasteiger partial charge in [-0.1, -0.05) is 38.5 Å². The number of hydrogen-bond acceptors (Lipinski definition) is 3. The van der Waals surface area contributed by atoms with Crippen molar-refractivity contribution in [3.63, 3.8) is 0 Å². The lowest BCUT2D eigenvalue weighted by Crippen LogP contribution is -2.46. The molecule has 2 unspecified atom stereocenters. The lowest BCUT2D eigenvalue weighted by molar-refractivity contribution is -0.143. The van der Waals surface area contributed by atoms with Crippen LogP contribution in [-0.4, -0.2) is 29.6 Å². The van der Waals surface area contributed by atoms with Crippen LogP contribution < -0.4 is 10.6 Å². The van der Waals surface area contributed by atoms with Gasteiger partial charge in [-0.3, -0.25) is 4.79 Å². The number of anilines is 1. The quantitative estimate of drug-likeness (QED) is 0.700. The highest BCUT2D eigenvalue weighted by Gasteiger charge is 2.24. The predicted octanol–water partition coefficient (Wildman–Crippen LogP) is 1.71. The Morgan fingerprint density at radius 2 is 1.89 bits per heavy atom. The zero-order valence-corrected chi connectivity index (χ0v) is 11.2. The summed E-state index contributed by atoms with van der Waals surface area (Å²) in [6.45, 7) is 3.77. The minimum absolute atomic E-state index is 0.0597. The van der Waals surface area contributed by atoms with E-state index in [9.17, 15) is 9.59 Å². The maximum atomic E-state index is 11.7. The number of aliphatic carboxylic acids is 1. The van der Waals surface area contributed by atoms with Gasteiger partial charge in [0.15, 0.2) is 0 Å². The molecule has 2 atom stereocenters. The number of carboxylic acid groups (broad SMARTS) is 1. The van der Waals surface area contributed by atoms with Crippen molar-refractivity contribution in [1.82, 2.24) is 5.32 Å². The number of carbonyl (C=O) groups is 2. The summed E-state index contributed by atoms with van der Waals surface area (Å²) in [5.74, 6) is -1.42. The zero-order chi connectivity index (χ0) is 14.3. The first-order valence-corrected chi connectivity index (χ1v) is 6.35. The monoisotopic (exact) mass is 264 g/mol. The highest BCUT2D eigenvalue weighted by molar-refractivity contribution is 5.86. The summed E-state index contributed by atoms with van der Waals surface area (Å²) in [7, 11) is 0. The fraction of sp³-hybridized carbons (Fsp3) is 0.429. The van der Waals surface area contributed by atoms with Gasteiger partial charge in [-0.15, -0.1) is 0 Å². The molecule has 3 N–H and O–H groups in total. The predicted molar refractivity (Wildman–Crippen MR) is 74.0 cm³/mol. The maximum Gasteiger partial charge on any atom is 0.326 e. The lowest BCUT2D eigenvalue weighted by Gasteiger charge is -2.20. The van der Waals surface area contributed by atoms with E-state index in [0.717, 1.165) is 5.69 Å². The van der Waals surface area contributed by atoms with Gasteiger partial charge in [0.2, 0.25) is 5.91 Å². The highest BCUT2D eigenvalue weighted by Crippen LogP contribution is 2.08. The summed E-state index contributed by atoms with van der Waals surface area (Å²) in [4.78, 5) is 22.8. The van der Waals surface area contributed by atoms with E-state index in [1.807, 2.05) is 44.2 Å². The van der Waals surface area contributed by atoms with E-state index >= 15 is 0 Å². The molecule has 1 aromatic carbocycles. The first-order chi connectivity index (χ1) is 9.04. The minimum atomic E-state index is -0.998. The molecule has 104 valence electrons. The van der Waals surface area contributed by atoms with Gasteiger partial charge >= 0.3 is 5.97 Å². The second kappa shape index (κ2) is 7.41. The molecule has 0 aliphatic heterocycles. The van der Waals surface area contributed by atoms with Crippen LogP contribution in [0.5, 0.6) is 0 Å². The molecular formula is C14H20N2O3. The maximum absolute atomic E-state index is 11.7. The van der Waals surface area contributed by atoms with E-state index in [1.54, 1.807) is 0 Å². The van der Waals surface area contributed by atoms with Gasteiger partial charge in [-0.25, -0.2) is 4.79 Å². The molecule has 1 rings (SSSR count). The number of amides is 1. The molecule has 0 aromatic heterocycles. The number of carbonyl (C=O) groups excluding carboxylic acids is 1. The van der Waals surface area contributed by atoms with Crippen molar-refractivity contribution < 1.29 is 14.7 Å². The van der Waals surface area contributed by atoms with Gasteiger partial charge in [-0.2, -0.15) is 0 Å². The third-order valence-corrected chi connectivity index (χ3v) is 3.02. The van der Waals surface area contributed by atoms with Gasteiger partial charge in [0, 0.05) is 5.69 Å². The second-order valence-corrected chi connectivity index (χ2v) is 4.49. The van der Waals surface area contributed by atoms with Crippen LogP contribution in [0.1, 0.15) is 20.3 Å². The van der Waals surface area contributed by atoms with Crippen molar-refractivity contribution in [2.24, 2.45) is 5.92 Å². The van der Waals surface area contributed by atoms with Gasteiger partial charge in [0.25, 0.3) is 0 Å². The van der Waals surface area contributed by atoms with Crippen molar-refractivity contribution in [3.8, 4) is 0 Å². The topological polar surface area (TPSA) is 78.4 Å². The molecule has 0 spiro atoms. The smallest absolute Gasteiger partial charge is 0.326 e. The summed E-state index contributed by atoms with van der Waals surface area (Å²) < 4.78 is 0. The second-order valence-electron chi connectivity index (χ2n) is 4.49. The Balaban J connectivity index is 2.47. The van der Waals surface area contributed by atoms with E-state index in [1.165, 1.54) is 0 Å². The van der Waals surface area contributed by atoms with Gasteiger partial charge in [-0.05, 0) is 18.1 Å². The van der Waals surface area contributed by atoms with Crippen LogP contribution in [0.3, 0.4) is 0 Å². The van der Waals surface area contributed by atoms with Gasteiger partial charge in [0.1, 0.15) is 6.04 Å². The standard InChI is InChI=1S/C14H20N2O3/c1-3-10(2)13(14(18)19)16-12(17)9-15-11-7-5-4-6-8-11/h4-8,10,13,15H,3,9H2,1-2H3,(H,16,17)(H,18,19). The first-order valence-electron chi connectivity index (χ1n) is 6.35. The Morgan fingerprint density at radius 1 is 1.26 bits per heavy atom. The third kappa shape index (κ3) is 4.99. The fourth-order valence-corrected chi connectivity index (χ4v) is 1.65. The van der Waals surface area contributed by atoms with Crippen LogP contribution in [0.25, 0.3) is 0 Å². The van der Waals surface area contributed by atoms with E-state index in [2.05, 4.69) is 10.6 Å². The Labute approximate surface area is 113 Å². The minimum Gasteiger partial charge on any atom is -0.480 e. The van der Waals surface area contributed by atoms with Crippen molar-refractivity contribution >= 4 is 17.6 Å². The molecule has 1 aromatic rings. The zero-order valence-electron chi connectivity index (χ0n) is 11.2. The number of hydrogen-bond donors (Lipinski definition) is 3. The number of rotatable bonds is 7.